The van der Waals surface area contributed by atoms with E-state index >= 15 is 0 Å². The summed E-state index contributed by atoms with van der Waals surface area (Å²) in [5, 5.41) is 0. The molecule has 0 N–H and O–H groups in total. The maximum atomic E-state index is 13.7. The van der Waals surface area contributed by atoms with Crippen molar-refractivity contribution in [3.05, 3.63) is 63.4 Å². The highest BCUT2D eigenvalue weighted by atomic mass is 79.9. The van der Waals surface area contributed by atoms with Crippen LogP contribution in [0.25, 0.3) is 0 Å². The number of aryl methyl sites for hydroxylation is 1. The molecule has 5 nitrogen and oxygen atoms in total. The van der Waals surface area contributed by atoms with Gasteiger partial charge in [-0.1, -0.05) is 41.3 Å². The molecule has 0 radical (unpaired) electrons. The zero-order valence-electron chi connectivity index (χ0n) is 20.0. The van der Waals surface area contributed by atoms with Gasteiger partial charge in [0.25, 0.3) is 11.8 Å². The Bertz CT molecular complexity index is 1060. The predicted molar refractivity (Wildman–Crippen MR) is 137 cm³/mol. The van der Waals surface area contributed by atoms with Crippen LogP contribution in [0.15, 0.2) is 40.9 Å². The lowest BCUT2D eigenvalue weighted by Gasteiger charge is -2.41. The summed E-state index contributed by atoms with van der Waals surface area (Å²) in [5.41, 5.74) is 3.37. The molecular formula is C28H34BrN3O2. The highest BCUT2D eigenvalue weighted by Crippen LogP contribution is 2.37. The minimum Gasteiger partial charge on any atom is -0.339 e. The molecule has 3 fully saturated rings. The summed E-state index contributed by atoms with van der Waals surface area (Å²) in [6, 6.07) is 11.5. The van der Waals surface area contributed by atoms with Crippen molar-refractivity contribution in [1.82, 2.24) is 14.8 Å². The number of hydrogen-bond donors (Lipinski definition) is 0. The number of benzene rings is 1. The molecule has 3 heterocycles. The summed E-state index contributed by atoms with van der Waals surface area (Å²) in [4.78, 5) is 35.5. The third kappa shape index (κ3) is 4.93. The van der Waals surface area contributed by atoms with Crippen molar-refractivity contribution in [2.45, 2.75) is 57.8 Å². The Labute approximate surface area is 211 Å². The predicted octanol–water partition coefficient (Wildman–Crippen LogP) is 5.82. The van der Waals surface area contributed by atoms with Crippen LogP contribution in [0.5, 0.6) is 0 Å². The van der Waals surface area contributed by atoms with E-state index in [1.54, 1.807) is 0 Å². The highest BCUT2D eigenvalue weighted by molar-refractivity contribution is 9.10. The van der Waals surface area contributed by atoms with E-state index in [9.17, 15) is 9.59 Å². The molecule has 0 unspecified atom stereocenters. The monoisotopic (exact) mass is 523 g/mol. The largest absolute Gasteiger partial charge is 0.339 e. The molecule has 180 valence electrons. The molecule has 0 spiro atoms. The van der Waals surface area contributed by atoms with Crippen molar-refractivity contribution in [3.63, 3.8) is 0 Å². The number of hydrogen-bond acceptors (Lipinski definition) is 3. The molecule has 6 heteroatoms. The van der Waals surface area contributed by atoms with Crippen LogP contribution in [0.3, 0.4) is 0 Å². The van der Waals surface area contributed by atoms with E-state index in [1.807, 2.05) is 48.2 Å². The van der Waals surface area contributed by atoms with E-state index in [2.05, 4.69) is 20.8 Å². The molecule has 2 amide bonds. The average Bonchev–Trinajstić information content (AvgIpc) is 2.87. The summed E-state index contributed by atoms with van der Waals surface area (Å²) in [6.07, 6.45) is 8.06. The van der Waals surface area contributed by atoms with Crippen LogP contribution in [-0.2, 0) is 0 Å². The van der Waals surface area contributed by atoms with Gasteiger partial charge in [0.05, 0.1) is 11.3 Å². The van der Waals surface area contributed by atoms with Crippen LogP contribution in [0.4, 0.5) is 0 Å². The average molecular weight is 525 g/mol. The van der Waals surface area contributed by atoms with Crippen LogP contribution in [0, 0.1) is 18.8 Å². The second-order valence-electron chi connectivity index (χ2n) is 10.3. The molecule has 2 atom stereocenters. The lowest BCUT2D eigenvalue weighted by molar-refractivity contribution is 0.0517. The Morgan fingerprint density at radius 3 is 2.38 bits per heavy atom. The maximum Gasteiger partial charge on any atom is 0.255 e. The molecule has 34 heavy (non-hydrogen) atoms. The van der Waals surface area contributed by atoms with Crippen molar-refractivity contribution in [2.24, 2.45) is 11.8 Å². The number of halogens is 1. The molecule has 1 saturated carbocycles. The van der Waals surface area contributed by atoms with Gasteiger partial charge < -0.3 is 9.80 Å². The number of pyridine rings is 1. The number of carbonyl (C=O) groups is 2. The number of piperidine rings is 2. The second kappa shape index (κ2) is 10.2. The fourth-order valence-electron chi connectivity index (χ4n) is 6.18. The van der Waals surface area contributed by atoms with Crippen molar-refractivity contribution < 1.29 is 9.59 Å². The summed E-state index contributed by atoms with van der Waals surface area (Å²) in [7, 11) is 0. The van der Waals surface area contributed by atoms with E-state index in [0.717, 1.165) is 59.7 Å². The Kier molecular flexibility index (Phi) is 7.05. The first kappa shape index (κ1) is 23.5. The first-order valence-electron chi connectivity index (χ1n) is 12.8. The third-order valence-corrected chi connectivity index (χ3v) is 8.61. The molecule has 2 aliphatic heterocycles. The van der Waals surface area contributed by atoms with E-state index in [-0.39, 0.29) is 17.7 Å². The quantitative estimate of drug-likeness (QED) is 0.508. The second-order valence-corrected chi connectivity index (χ2v) is 11.2. The Morgan fingerprint density at radius 1 is 0.882 bits per heavy atom. The van der Waals surface area contributed by atoms with Gasteiger partial charge in [0.2, 0.25) is 0 Å². The van der Waals surface area contributed by atoms with Crippen molar-refractivity contribution in [2.75, 3.05) is 26.2 Å². The van der Waals surface area contributed by atoms with Crippen LogP contribution in [-0.4, -0.2) is 52.8 Å². The minimum absolute atomic E-state index is 0.0728. The molecule has 1 aromatic carbocycles. The van der Waals surface area contributed by atoms with Gasteiger partial charge in [-0.2, -0.15) is 0 Å². The first-order valence-corrected chi connectivity index (χ1v) is 13.6. The molecule has 2 aromatic rings. The van der Waals surface area contributed by atoms with Crippen LogP contribution < -0.4 is 0 Å². The molecule has 2 saturated heterocycles. The van der Waals surface area contributed by atoms with Crippen LogP contribution in [0.1, 0.15) is 83.0 Å². The number of carbonyl (C=O) groups excluding carboxylic acids is 2. The smallest absolute Gasteiger partial charge is 0.255 e. The van der Waals surface area contributed by atoms with E-state index in [4.69, 9.17) is 4.98 Å². The molecule has 1 aliphatic carbocycles. The van der Waals surface area contributed by atoms with Gasteiger partial charge in [-0.3, -0.25) is 14.6 Å². The summed E-state index contributed by atoms with van der Waals surface area (Å²) < 4.78 is 0.914. The van der Waals surface area contributed by atoms with E-state index in [1.165, 1.54) is 25.7 Å². The topological polar surface area (TPSA) is 53.5 Å². The van der Waals surface area contributed by atoms with Crippen molar-refractivity contribution in [3.8, 4) is 0 Å². The summed E-state index contributed by atoms with van der Waals surface area (Å²) in [5.74, 6) is 1.90. The van der Waals surface area contributed by atoms with Crippen molar-refractivity contribution in [1.29, 1.82) is 0 Å². The lowest BCUT2D eigenvalue weighted by Crippen LogP contribution is -2.45. The van der Waals surface area contributed by atoms with E-state index < -0.39 is 0 Å². The molecule has 5 rings (SSSR count). The maximum absolute atomic E-state index is 13.7. The number of amides is 2. The minimum atomic E-state index is 0.0728. The van der Waals surface area contributed by atoms with Crippen LogP contribution in [0.2, 0.25) is 0 Å². The Morgan fingerprint density at radius 2 is 1.62 bits per heavy atom. The summed E-state index contributed by atoms with van der Waals surface area (Å²) in [6.45, 7) is 5.14. The van der Waals surface area contributed by atoms with E-state index in [0.29, 0.717) is 24.6 Å². The molecular weight excluding hydrogens is 490 g/mol. The normalized spacial score (nSPS) is 23.5. The zero-order chi connectivity index (χ0) is 23.7. The molecule has 1 aromatic heterocycles. The Hall–Kier alpha value is -2.21. The van der Waals surface area contributed by atoms with Gasteiger partial charge >= 0.3 is 0 Å². The van der Waals surface area contributed by atoms with Gasteiger partial charge in [-0.25, -0.2) is 0 Å². The number of fused-ring (bicyclic) bond motifs is 1. The van der Waals surface area contributed by atoms with Gasteiger partial charge in [-0.05, 0) is 74.8 Å². The fourth-order valence-corrected chi connectivity index (χ4v) is 6.58. The third-order valence-electron chi connectivity index (χ3n) is 8.11. The highest BCUT2D eigenvalue weighted by Gasteiger charge is 2.35. The standard InChI is InChI=1S/C28H34BrN3O2/c1-19-9-10-25(28(34)32-16-11-20-5-2-3-6-23(20)18-32)26(30-19)21-12-14-31(15-13-21)27(33)22-7-4-8-24(29)17-22/h4,7-10,17,20-21,23H,2-3,5-6,11-16,18H2,1H3/t20-,23+/m1/s1. The number of likely N-dealkylation sites (tertiary alicyclic amines) is 2. The first-order chi connectivity index (χ1) is 16.5. The van der Waals surface area contributed by atoms with Crippen LogP contribution >= 0.6 is 15.9 Å². The number of rotatable bonds is 3. The Balaban J connectivity index is 1.29. The van der Waals surface area contributed by atoms with Gasteiger partial charge in [0.15, 0.2) is 0 Å². The lowest BCUT2D eigenvalue weighted by atomic mass is 9.75. The number of aromatic nitrogens is 1. The summed E-state index contributed by atoms with van der Waals surface area (Å²) >= 11 is 3.46. The zero-order valence-corrected chi connectivity index (χ0v) is 21.6. The molecule has 0 bridgehead atoms. The van der Waals surface area contributed by atoms with Gasteiger partial charge in [-0.15, -0.1) is 0 Å². The SMILES string of the molecule is Cc1ccc(C(=O)N2CC[C@H]3CCCC[C@H]3C2)c(C2CCN(C(=O)c3cccc(Br)c3)CC2)n1. The molecule has 3 aliphatic rings. The fraction of sp³-hybridized carbons (Fsp3) is 0.536. The van der Waals surface area contributed by atoms with Crippen molar-refractivity contribution >= 4 is 27.7 Å². The number of nitrogens with zero attached hydrogens (tertiary/aromatic N) is 3. The van der Waals surface area contributed by atoms with Gasteiger partial charge in [0, 0.05) is 47.8 Å². The van der Waals surface area contributed by atoms with Gasteiger partial charge in [0.1, 0.15) is 0 Å².